The quantitative estimate of drug-likeness (QED) is 0.834. The van der Waals surface area contributed by atoms with Crippen LogP contribution in [-0.4, -0.2) is 22.7 Å². The molecule has 0 bridgehead atoms. The van der Waals surface area contributed by atoms with Crippen molar-refractivity contribution in [3.63, 3.8) is 0 Å². The highest BCUT2D eigenvalue weighted by Crippen LogP contribution is 2.28. The van der Waals surface area contributed by atoms with Crippen LogP contribution in [0.15, 0.2) is 0 Å². The van der Waals surface area contributed by atoms with Gasteiger partial charge in [0.05, 0.1) is 16.8 Å². The van der Waals surface area contributed by atoms with Gasteiger partial charge >= 0.3 is 0 Å². The molecule has 1 unspecified atom stereocenters. The number of aliphatic hydroxyl groups is 1. The van der Waals surface area contributed by atoms with E-state index in [1.807, 2.05) is 0 Å². The molecule has 2 atom stereocenters. The molecule has 1 aromatic rings. The Morgan fingerprint density at radius 3 is 2.38 bits per heavy atom. The third-order valence-electron chi connectivity index (χ3n) is 2.46. The number of hydrogen-bond donors (Lipinski definition) is 2. The van der Waals surface area contributed by atoms with Crippen molar-refractivity contribution in [3.8, 4) is 0 Å². The molecule has 1 rings (SSSR count). The zero-order valence-electron chi connectivity index (χ0n) is 10.7. The van der Waals surface area contributed by atoms with Gasteiger partial charge in [-0.1, -0.05) is 13.8 Å². The Morgan fingerprint density at radius 2 is 1.94 bits per heavy atom. The molecule has 3 nitrogen and oxygen atoms in total. The molecule has 0 aromatic carbocycles. The molecule has 0 spiro atoms. The summed E-state index contributed by atoms with van der Waals surface area (Å²) in [6, 6.07) is 0.264. The largest absolute Gasteiger partial charge is 0.392 e. The first-order valence-electron chi connectivity index (χ1n) is 5.80. The summed E-state index contributed by atoms with van der Waals surface area (Å²) in [7, 11) is 0. The topological polar surface area (TPSA) is 45.2 Å². The van der Waals surface area contributed by atoms with Gasteiger partial charge in [-0.2, -0.15) is 0 Å². The van der Waals surface area contributed by atoms with Crippen LogP contribution < -0.4 is 5.32 Å². The Labute approximate surface area is 102 Å². The first kappa shape index (κ1) is 13.6. The molecule has 0 radical (unpaired) electrons. The second-order valence-corrected chi connectivity index (χ2v) is 5.70. The van der Waals surface area contributed by atoms with Gasteiger partial charge in [0, 0.05) is 23.4 Å². The SMILES string of the molecule is Cc1nc(C(C)C)sc1C(C)NC[C@@H](C)O. The van der Waals surface area contributed by atoms with E-state index >= 15 is 0 Å². The zero-order chi connectivity index (χ0) is 12.3. The molecule has 4 heteroatoms. The lowest BCUT2D eigenvalue weighted by Crippen LogP contribution is -2.27. The van der Waals surface area contributed by atoms with Crippen LogP contribution in [0.3, 0.4) is 0 Å². The molecule has 1 aromatic heterocycles. The van der Waals surface area contributed by atoms with Crippen LogP contribution in [0, 0.1) is 6.92 Å². The third-order valence-corrected chi connectivity index (χ3v) is 4.10. The van der Waals surface area contributed by atoms with Crippen LogP contribution in [0.5, 0.6) is 0 Å². The number of nitrogens with one attached hydrogen (secondary N) is 1. The predicted molar refractivity (Wildman–Crippen MR) is 69.0 cm³/mol. The van der Waals surface area contributed by atoms with Crippen LogP contribution >= 0.6 is 11.3 Å². The van der Waals surface area contributed by atoms with E-state index in [-0.39, 0.29) is 12.1 Å². The molecule has 2 N–H and O–H groups in total. The normalized spacial score (nSPS) is 15.4. The predicted octanol–water partition coefficient (Wildman–Crippen LogP) is 2.61. The lowest BCUT2D eigenvalue weighted by molar-refractivity contribution is 0.187. The van der Waals surface area contributed by atoms with Crippen molar-refractivity contribution in [2.75, 3.05) is 6.54 Å². The maximum absolute atomic E-state index is 9.24. The summed E-state index contributed by atoms with van der Waals surface area (Å²) in [4.78, 5) is 5.86. The minimum absolute atomic E-state index is 0.264. The lowest BCUT2D eigenvalue weighted by atomic mass is 10.2. The lowest BCUT2D eigenvalue weighted by Gasteiger charge is -2.13. The average molecular weight is 242 g/mol. The maximum Gasteiger partial charge on any atom is 0.0956 e. The van der Waals surface area contributed by atoms with Gasteiger partial charge < -0.3 is 10.4 Å². The number of aryl methyl sites for hydroxylation is 1. The number of nitrogens with zero attached hydrogens (tertiary/aromatic N) is 1. The fraction of sp³-hybridized carbons (Fsp3) is 0.750. The van der Waals surface area contributed by atoms with Gasteiger partial charge in [-0.15, -0.1) is 11.3 Å². The summed E-state index contributed by atoms with van der Waals surface area (Å²) in [6.45, 7) is 10.9. The second kappa shape index (κ2) is 5.75. The van der Waals surface area contributed by atoms with Crippen LogP contribution in [0.25, 0.3) is 0 Å². The van der Waals surface area contributed by atoms with E-state index in [1.54, 1.807) is 18.3 Å². The molecule has 0 saturated carbocycles. The molecular formula is C12H22N2OS. The van der Waals surface area contributed by atoms with Gasteiger partial charge in [-0.05, 0) is 20.8 Å². The summed E-state index contributed by atoms with van der Waals surface area (Å²) in [5.41, 5.74) is 1.11. The van der Waals surface area contributed by atoms with Gasteiger partial charge in [0.25, 0.3) is 0 Å². The molecule has 0 aliphatic heterocycles. The third kappa shape index (κ3) is 3.54. The van der Waals surface area contributed by atoms with E-state index in [0.29, 0.717) is 12.5 Å². The number of aromatic nitrogens is 1. The van der Waals surface area contributed by atoms with E-state index in [1.165, 1.54) is 9.88 Å². The van der Waals surface area contributed by atoms with Gasteiger partial charge in [0.15, 0.2) is 0 Å². The smallest absolute Gasteiger partial charge is 0.0956 e. The number of hydrogen-bond acceptors (Lipinski definition) is 4. The molecule has 0 amide bonds. The van der Waals surface area contributed by atoms with Crippen LogP contribution in [0.1, 0.15) is 55.2 Å². The molecule has 16 heavy (non-hydrogen) atoms. The van der Waals surface area contributed by atoms with Crippen LogP contribution in [0.4, 0.5) is 0 Å². The van der Waals surface area contributed by atoms with Crippen molar-refractivity contribution < 1.29 is 5.11 Å². The minimum Gasteiger partial charge on any atom is -0.392 e. The Kier molecular flexibility index (Phi) is 4.89. The van der Waals surface area contributed by atoms with E-state index in [4.69, 9.17) is 0 Å². The van der Waals surface area contributed by atoms with Crippen molar-refractivity contribution in [2.24, 2.45) is 0 Å². The highest BCUT2D eigenvalue weighted by molar-refractivity contribution is 7.11. The summed E-state index contributed by atoms with van der Waals surface area (Å²) in [6.07, 6.45) is -0.305. The number of rotatable bonds is 5. The molecule has 0 aliphatic carbocycles. The molecule has 0 saturated heterocycles. The Hall–Kier alpha value is -0.450. The summed E-state index contributed by atoms with van der Waals surface area (Å²) < 4.78 is 0. The van der Waals surface area contributed by atoms with Crippen LogP contribution in [0.2, 0.25) is 0 Å². The van der Waals surface area contributed by atoms with Crippen molar-refractivity contribution in [1.82, 2.24) is 10.3 Å². The van der Waals surface area contributed by atoms with Crippen molar-refractivity contribution in [3.05, 3.63) is 15.6 Å². The highest BCUT2D eigenvalue weighted by Gasteiger charge is 2.15. The summed E-state index contributed by atoms with van der Waals surface area (Å²) in [5, 5.41) is 13.7. The molecule has 1 heterocycles. The van der Waals surface area contributed by atoms with Crippen molar-refractivity contribution in [1.29, 1.82) is 0 Å². The fourth-order valence-corrected chi connectivity index (χ4v) is 2.62. The van der Waals surface area contributed by atoms with Gasteiger partial charge in [0.2, 0.25) is 0 Å². The van der Waals surface area contributed by atoms with Crippen LogP contribution in [-0.2, 0) is 0 Å². The molecule has 0 fully saturated rings. The van der Waals surface area contributed by atoms with E-state index in [2.05, 4.69) is 38.0 Å². The Bertz CT molecular complexity index is 334. The maximum atomic E-state index is 9.24. The van der Waals surface area contributed by atoms with Crippen molar-refractivity contribution in [2.45, 2.75) is 52.7 Å². The minimum atomic E-state index is -0.305. The number of aliphatic hydroxyl groups excluding tert-OH is 1. The van der Waals surface area contributed by atoms with E-state index < -0.39 is 0 Å². The average Bonchev–Trinajstić information content (AvgIpc) is 2.57. The van der Waals surface area contributed by atoms with Crippen molar-refractivity contribution >= 4 is 11.3 Å². The zero-order valence-corrected chi connectivity index (χ0v) is 11.6. The van der Waals surface area contributed by atoms with Gasteiger partial charge in [-0.3, -0.25) is 0 Å². The monoisotopic (exact) mass is 242 g/mol. The summed E-state index contributed by atoms with van der Waals surface area (Å²) >= 11 is 1.77. The Morgan fingerprint density at radius 1 is 1.31 bits per heavy atom. The molecule has 0 aliphatic rings. The highest BCUT2D eigenvalue weighted by atomic mass is 32.1. The fourth-order valence-electron chi connectivity index (χ4n) is 1.52. The summed E-state index contributed by atoms with van der Waals surface area (Å²) in [5.74, 6) is 0.487. The first-order valence-corrected chi connectivity index (χ1v) is 6.62. The van der Waals surface area contributed by atoms with Gasteiger partial charge in [0.1, 0.15) is 0 Å². The molecule has 92 valence electrons. The first-order chi connectivity index (χ1) is 7.41. The molecular weight excluding hydrogens is 220 g/mol. The van der Waals surface area contributed by atoms with E-state index in [9.17, 15) is 5.11 Å². The van der Waals surface area contributed by atoms with E-state index in [0.717, 1.165) is 5.69 Å². The standard InChI is InChI=1S/C12H22N2OS/c1-7(2)12-14-10(5)11(16-12)9(4)13-6-8(3)15/h7-9,13,15H,6H2,1-5H3/t8-,9?/m1/s1. The number of thiazole rings is 1. The van der Waals surface area contributed by atoms with Gasteiger partial charge in [-0.25, -0.2) is 4.98 Å². The second-order valence-electron chi connectivity index (χ2n) is 4.64. The Balaban J connectivity index is 2.71.